The third-order valence-corrected chi connectivity index (χ3v) is 3.42. The Bertz CT molecular complexity index is 870. The molecule has 2 N–H and O–H groups in total. The van der Waals surface area contributed by atoms with E-state index < -0.39 is 0 Å². The minimum Gasteiger partial charge on any atom is -0.504 e. The van der Waals surface area contributed by atoms with Crippen LogP contribution in [0, 0.1) is 6.92 Å². The first-order valence-corrected chi connectivity index (χ1v) is 6.53. The van der Waals surface area contributed by atoms with Crippen molar-refractivity contribution < 1.29 is 10.2 Å². The first kappa shape index (κ1) is 13.2. The Morgan fingerprint density at radius 3 is 2.48 bits per heavy atom. The lowest BCUT2D eigenvalue weighted by atomic mass is 10.2. The summed E-state index contributed by atoms with van der Waals surface area (Å²) >= 11 is 0. The van der Waals surface area contributed by atoms with E-state index in [2.05, 4.69) is 4.98 Å². The zero-order valence-electron chi connectivity index (χ0n) is 11.4. The fourth-order valence-corrected chi connectivity index (χ4v) is 2.31. The molecule has 0 fully saturated rings. The van der Waals surface area contributed by atoms with Gasteiger partial charge in [0.05, 0.1) is 17.4 Å². The molecule has 3 rings (SSSR count). The highest BCUT2D eigenvalue weighted by Crippen LogP contribution is 2.27. The maximum atomic E-state index is 12.5. The Balaban J connectivity index is 2.20. The summed E-state index contributed by atoms with van der Waals surface area (Å²) in [4.78, 5) is 16.9. The monoisotopic (exact) mass is 282 g/mol. The number of hydrogen-bond acceptors (Lipinski definition) is 4. The van der Waals surface area contributed by atoms with Gasteiger partial charge < -0.3 is 10.2 Å². The van der Waals surface area contributed by atoms with Gasteiger partial charge in [-0.1, -0.05) is 30.3 Å². The van der Waals surface area contributed by atoms with E-state index in [-0.39, 0.29) is 22.4 Å². The van der Waals surface area contributed by atoms with Crippen LogP contribution in [0.25, 0.3) is 10.9 Å². The summed E-state index contributed by atoms with van der Waals surface area (Å²) in [6.07, 6.45) is 0. The van der Waals surface area contributed by atoms with Crippen LogP contribution in [0.4, 0.5) is 0 Å². The molecule has 21 heavy (non-hydrogen) atoms. The molecule has 0 atom stereocenters. The molecule has 3 aromatic rings. The molecule has 0 spiro atoms. The van der Waals surface area contributed by atoms with Crippen LogP contribution in [-0.2, 0) is 6.54 Å². The highest BCUT2D eigenvalue weighted by Gasteiger charge is 2.11. The predicted octanol–water partition coefficient (Wildman–Crippen LogP) is 2.16. The first-order chi connectivity index (χ1) is 10.1. The topological polar surface area (TPSA) is 75.4 Å². The Kier molecular flexibility index (Phi) is 3.10. The lowest BCUT2D eigenvalue weighted by Crippen LogP contribution is -2.24. The van der Waals surface area contributed by atoms with Crippen LogP contribution in [0.15, 0.2) is 47.3 Å². The van der Waals surface area contributed by atoms with Crippen LogP contribution in [-0.4, -0.2) is 19.8 Å². The molecule has 0 bridgehead atoms. The van der Waals surface area contributed by atoms with E-state index in [1.54, 1.807) is 11.5 Å². The summed E-state index contributed by atoms with van der Waals surface area (Å²) in [5.41, 5.74) is 1.13. The fraction of sp³-hybridized carbons (Fsp3) is 0.125. The van der Waals surface area contributed by atoms with Gasteiger partial charge in [0.2, 0.25) is 0 Å². The van der Waals surface area contributed by atoms with Gasteiger partial charge in [-0.3, -0.25) is 9.36 Å². The quantitative estimate of drug-likeness (QED) is 0.706. The van der Waals surface area contributed by atoms with Crippen LogP contribution >= 0.6 is 0 Å². The molecule has 0 aliphatic heterocycles. The smallest absolute Gasteiger partial charge is 0.261 e. The van der Waals surface area contributed by atoms with Crippen molar-refractivity contribution in [2.75, 3.05) is 0 Å². The normalized spacial score (nSPS) is 10.9. The van der Waals surface area contributed by atoms with Crippen molar-refractivity contribution in [1.82, 2.24) is 9.55 Å². The average molecular weight is 282 g/mol. The van der Waals surface area contributed by atoms with Crippen LogP contribution in [0.5, 0.6) is 11.5 Å². The largest absolute Gasteiger partial charge is 0.504 e. The average Bonchev–Trinajstić information content (AvgIpc) is 2.47. The number of aromatic hydroxyl groups is 2. The third kappa shape index (κ3) is 2.33. The third-order valence-electron chi connectivity index (χ3n) is 3.42. The molecule has 2 aromatic carbocycles. The second kappa shape index (κ2) is 4.94. The number of phenolic OH excluding ortho intramolecular Hbond substituents is 2. The van der Waals surface area contributed by atoms with Crippen molar-refractivity contribution in [3.63, 3.8) is 0 Å². The minimum atomic E-state index is -0.323. The molecule has 0 saturated heterocycles. The number of benzene rings is 2. The molecule has 5 nitrogen and oxygen atoms in total. The molecule has 1 heterocycles. The fourth-order valence-electron chi connectivity index (χ4n) is 2.31. The molecular formula is C16H14N2O3. The lowest BCUT2D eigenvalue weighted by molar-refractivity contribution is 0.404. The van der Waals surface area contributed by atoms with Crippen LogP contribution < -0.4 is 5.56 Å². The number of fused-ring (bicyclic) bond motifs is 1. The zero-order valence-corrected chi connectivity index (χ0v) is 11.4. The second-order valence-corrected chi connectivity index (χ2v) is 4.89. The number of nitrogens with zero attached hydrogens (tertiary/aromatic N) is 2. The van der Waals surface area contributed by atoms with Gasteiger partial charge in [-0.25, -0.2) is 4.98 Å². The number of hydrogen-bond donors (Lipinski definition) is 2. The molecular weight excluding hydrogens is 268 g/mol. The van der Waals surface area contributed by atoms with E-state index in [1.165, 1.54) is 12.1 Å². The molecule has 1 aromatic heterocycles. The number of rotatable bonds is 2. The summed E-state index contributed by atoms with van der Waals surface area (Å²) in [5, 5.41) is 19.4. The van der Waals surface area contributed by atoms with E-state index in [0.717, 1.165) is 5.56 Å². The SMILES string of the molecule is Cc1nc2cc(O)c(O)cc2c(=O)n1Cc1ccccc1. The number of aromatic nitrogens is 2. The lowest BCUT2D eigenvalue weighted by Gasteiger charge is -2.11. The molecule has 0 aliphatic rings. The molecule has 0 unspecified atom stereocenters. The maximum absolute atomic E-state index is 12.5. The van der Waals surface area contributed by atoms with E-state index in [0.29, 0.717) is 17.9 Å². The van der Waals surface area contributed by atoms with Crippen LogP contribution in [0.1, 0.15) is 11.4 Å². The highest BCUT2D eigenvalue weighted by molar-refractivity contribution is 5.81. The summed E-state index contributed by atoms with van der Waals surface area (Å²) in [7, 11) is 0. The van der Waals surface area contributed by atoms with E-state index in [4.69, 9.17) is 0 Å². The Morgan fingerprint density at radius 1 is 1.10 bits per heavy atom. The van der Waals surface area contributed by atoms with E-state index in [9.17, 15) is 15.0 Å². The summed E-state index contributed by atoms with van der Waals surface area (Å²) < 4.78 is 1.55. The van der Waals surface area contributed by atoms with Crippen molar-refractivity contribution in [3.8, 4) is 11.5 Å². The molecule has 0 aliphatic carbocycles. The van der Waals surface area contributed by atoms with Gasteiger partial charge in [0.15, 0.2) is 11.5 Å². The first-order valence-electron chi connectivity index (χ1n) is 6.53. The van der Waals surface area contributed by atoms with Gasteiger partial charge in [-0.2, -0.15) is 0 Å². The minimum absolute atomic E-state index is 0.239. The Morgan fingerprint density at radius 2 is 1.76 bits per heavy atom. The summed E-state index contributed by atoms with van der Waals surface area (Å²) in [5.74, 6) is -0.0485. The van der Waals surface area contributed by atoms with Crippen molar-refractivity contribution >= 4 is 10.9 Å². The van der Waals surface area contributed by atoms with Crippen molar-refractivity contribution in [2.24, 2.45) is 0 Å². The van der Waals surface area contributed by atoms with E-state index >= 15 is 0 Å². The molecule has 0 saturated carbocycles. The second-order valence-electron chi connectivity index (χ2n) is 4.89. The molecule has 0 amide bonds. The highest BCUT2D eigenvalue weighted by atomic mass is 16.3. The number of aryl methyl sites for hydroxylation is 1. The zero-order chi connectivity index (χ0) is 15.0. The molecule has 106 valence electrons. The maximum Gasteiger partial charge on any atom is 0.261 e. The Hall–Kier alpha value is -2.82. The van der Waals surface area contributed by atoms with Crippen molar-refractivity contribution in [1.29, 1.82) is 0 Å². The Labute approximate surface area is 120 Å². The summed E-state index contributed by atoms with van der Waals surface area (Å²) in [6, 6.07) is 12.2. The number of phenols is 2. The summed E-state index contributed by atoms with van der Waals surface area (Å²) in [6.45, 7) is 2.16. The van der Waals surface area contributed by atoms with Gasteiger partial charge in [0, 0.05) is 6.07 Å². The van der Waals surface area contributed by atoms with Crippen LogP contribution in [0.2, 0.25) is 0 Å². The van der Waals surface area contributed by atoms with E-state index in [1.807, 2.05) is 30.3 Å². The van der Waals surface area contributed by atoms with Crippen molar-refractivity contribution in [3.05, 3.63) is 64.2 Å². The van der Waals surface area contributed by atoms with Gasteiger partial charge in [0.25, 0.3) is 5.56 Å². The molecule has 0 radical (unpaired) electrons. The predicted molar refractivity (Wildman–Crippen MR) is 79.6 cm³/mol. The van der Waals surface area contributed by atoms with Crippen LogP contribution in [0.3, 0.4) is 0 Å². The standard InChI is InChI=1S/C16H14N2O3/c1-10-17-13-8-15(20)14(19)7-12(13)16(21)18(10)9-11-5-3-2-4-6-11/h2-8,19-20H,9H2,1H3. The van der Waals surface area contributed by atoms with Gasteiger partial charge in [0.1, 0.15) is 5.82 Å². The molecule has 5 heteroatoms. The van der Waals surface area contributed by atoms with Crippen molar-refractivity contribution in [2.45, 2.75) is 13.5 Å². The van der Waals surface area contributed by atoms with Gasteiger partial charge in [-0.05, 0) is 18.6 Å². The van der Waals surface area contributed by atoms with Gasteiger partial charge in [-0.15, -0.1) is 0 Å². The van der Waals surface area contributed by atoms with Gasteiger partial charge >= 0.3 is 0 Å².